The van der Waals surface area contributed by atoms with Gasteiger partial charge in [-0.3, -0.25) is 14.8 Å². The molecule has 0 spiro atoms. The molecule has 2 atom stereocenters. The molecule has 8 heteroatoms. The summed E-state index contributed by atoms with van der Waals surface area (Å²) in [7, 11) is 0. The van der Waals surface area contributed by atoms with E-state index in [0.717, 1.165) is 68.0 Å². The molecule has 0 saturated carbocycles. The molecule has 10 rings (SSSR count). The Morgan fingerprint density at radius 3 is 1.91 bits per heavy atom. The Balaban J connectivity index is 0.831. The third-order valence-electron chi connectivity index (χ3n) is 12.3. The number of rotatable bonds is 7. The Hall–Kier alpha value is -5.12. The van der Waals surface area contributed by atoms with E-state index in [1.54, 1.807) is 22.7 Å². The van der Waals surface area contributed by atoms with Crippen molar-refractivity contribution in [2.45, 2.75) is 51.6 Å². The van der Waals surface area contributed by atoms with Crippen LogP contribution in [0.15, 0.2) is 127 Å². The van der Waals surface area contributed by atoms with Crippen molar-refractivity contribution < 1.29 is 4.57 Å². The van der Waals surface area contributed by atoms with E-state index in [4.69, 9.17) is 4.98 Å². The standard InChI is InChI=1S/C48H45N6S2/c1-32(36-11-13-46-44(27-36)50-31-55-46)52-21-16-35-8-10-39(26-41(35)18-24-52)43-6-4-20-54(30-43)48-51-45-28-37(12-14-47(45)56-48)33(2)53-22-15-34-7-9-38(25-40(34)17-23-53)42-5-3-19-49-29-42/h3-14,19-20,25-33H,15-18,21-24H2,1-2H3/q+1/t32-,33+/m0/s1. The van der Waals surface area contributed by atoms with Crippen LogP contribution in [0.2, 0.25) is 0 Å². The number of pyridine rings is 2. The number of thiazole rings is 2. The van der Waals surface area contributed by atoms with Gasteiger partial charge in [0.1, 0.15) is 6.20 Å². The fourth-order valence-electron chi connectivity index (χ4n) is 8.78. The highest BCUT2D eigenvalue weighted by atomic mass is 32.1. The van der Waals surface area contributed by atoms with E-state index in [0.29, 0.717) is 12.1 Å². The highest BCUT2D eigenvalue weighted by Gasteiger charge is 2.24. The maximum atomic E-state index is 5.19. The Bertz CT molecular complexity index is 2680. The van der Waals surface area contributed by atoms with Crippen LogP contribution in [0.5, 0.6) is 0 Å². The summed E-state index contributed by atoms with van der Waals surface area (Å²) in [6, 6.07) is 36.9. The molecule has 278 valence electrons. The van der Waals surface area contributed by atoms with Gasteiger partial charge in [0, 0.05) is 56.2 Å². The molecule has 56 heavy (non-hydrogen) atoms. The minimum Gasteiger partial charge on any atom is -0.296 e. The quantitative estimate of drug-likeness (QED) is 0.151. The summed E-state index contributed by atoms with van der Waals surface area (Å²) >= 11 is 3.47. The summed E-state index contributed by atoms with van der Waals surface area (Å²) in [6.07, 6.45) is 12.4. The van der Waals surface area contributed by atoms with Crippen LogP contribution in [0.3, 0.4) is 0 Å². The van der Waals surface area contributed by atoms with Gasteiger partial charge in [-0.1, -0.05) is 54.6 Å². The van der Waals surface area contributed by atoms with Gasteiger partial charge in [0.05, 0.1) is 26.6 Å². The molecule has 0 amide bonds. The van der Waals surface area contributed by atoms with Gasteiger partial charge in [-0.25, -0.2) is 4.98 Å². The van der Waals surface area contributed by atoms with Gasteiger partial charge in [0.15, 0.2) is 5.52 Å². The van der Waals surface area contributed by atoms with Crippen LogP contribution in [0.4, 0.5) is 0 Å². The second-order valence-corrected chi connectivity index (χ2v) is 17.3. The molecule has 0 bridgehead atoms. The van der Waals surface area contributed by atoms with Crippen molar-refractivity contribution in [3.8, 4) is 27.4 Å². The summed E-state index contributed by atoms with van der Waals surface area (Å²) in [5.74, 6) is 0. The topological polar surface area (TPSA) is 49.0 Å². The maximum Gasteiger partial charge on any atom is 0.388 e. The average molecular weight is 770 g/mol. The van der Waals surface area contributed by atoms with Crippen molar-refractivity contribution in [1.29, 1.82) is 0 Å². The Kier molecular flexibility index (Phi) is 9.51. The second kappa shape index (κ2) is 15.1. The van der Waals surface area contributed by atoms with Crippen LogP contribution in [0.1, 0.15) is 59.3 Å². The molecule has 4 aromatic heterocycles. The lowest BCUT2D eigenvalue weighted by molar-refractivity contribution is -0.594. The second-order valence-electron chi connectivity index (χ2n) is 15.4. The number of nitrogens with zero attached hydrogens (tertiary/aromatic N) is 6. The molecule has 0 N–H and O–H groups in total. The largest absolute Gasteiger partial charge is 0.388 e. The number of hydrogen-bond donors (Lipinski definition) is 0. The highest BCUT2D eigenvalue weighted by Crippen LogP contribution is 2.33. The Labute approximate surface area is 336 Å². The Morgan fingerprint density at radius 2 is 1.23 bits per heavy atom. The molecular formula is C48H45N6S2+. The smallest absolute Gasteiger partial charge is 0.296 e. The number of hydrogen-bond acceptors (Lipinski definition) is 7. The number of benzene rings is 4. The minimum atomic E-state index is 0.309. The zero-order chi connectivity index (χ0) is 37.6. The SMILES string of the molecule is C[C@H](c1ccc2sc(-[n+]3cccc(-c4ccc5c(c4)CCN([C@@H](C)c4ccc6scnc6c4)CC5)c3)nc2c1)N1CCc2ccc(-c3cccnc3)cc2CC1. The van der Waals surface area contributed by atoms with E-state index < -0.39 is 0 Å². The lowest BCUT2D eigenvalue weighted by Crippen LogP contribution is -2.29. The molecule has 2 aliphatic heterocycles. The van der Waals surface area contributed by atoms with Crippen molar-refractivity contribution in [3.63, 3.8) is 0 Å². The summed E-state index contributed by atoms with van der Waals surface area (Å²) < 4.78 is 4.67. The van der Waals surface area contributed by atoms with Crippen molar-refractivity contribution in [3.05, 3.63) is 161 Å². The first-order chi connectivity index (χ1) is 27.5. The molecule has 6 heterocycles. The van der Waals surface area contributed by atoms with Crippen molar-refractivity contribution in [2.75, 3.05) is 26.2 Å². The fraction of sp³-hybridized carbons (Fsp3) is 0.250. The van der Waals surface area contributed by atoms with Crippen LogP contribution >= 0.6 is 22.7 Å². The van der Waals surface area contributed by atoms with Gasteiger partial charge in [0.2, 0.25) is 0 Å². The van der Waals surface area contributed by atoms with Crippen LogP contribution in [0.25, 0.3) is 47.8 Å². The highest BCUT2D eigenvalue weighted by molar-refractivity contribution is 7.20. The lowest BCUT2D eigenvalue weighted by atomic mass is 9.97. The average Bonchev–Trinajstić information content (AvgIpc) is 3.78. The first-order valence-corrected chi connectivity index (χ1v) is 21.6. The molecule has 8 aromatic rings. The molecule has 0 radical (unpaired) electrons. The zero-order valence-electron chi connectivity index (χ0n) is 31.9. The summed E-state index contributed by atoms with van der Waals surface area (Å²) in [6.45, 7) is 8.90. The monoisotopic (exact) mass is 769 g/mol. The lowest BCUT2D eigenvalue weighted by Gasteiger charge is -2.28. The summed E-state index contributed by atoms with van der Waals surface area (Å²) in [5.41, 5.74) is 17.6. The van der Waals surface area contributed by atoms with Crippen LogP contribution in [-0.4, -0.2) is 50.9 Å². The molecule has 0 fully saturated rings. The fourth-order valence-corrected chi connectivity index (χ4v) is 10.3. The number of aromatic nitrogens is 4. The van der Waals surface area contributed by atoms with E-state index >= 15 is 0 Å². The number of fused-ring (bicyclic) bond motifs is 4. The first-order valence-electron chi connectivity index (χ1n) is 19.9. The maximum absolute atomic E-state index is 5.19. The summed E-state index contributed by atoms with van der Waals surface area (Å²) in [4.78, 5) is 19.4. The van der Waals surface area contributed by atoms with E-state index in [2.05, 4.69) is 142 Å². The van der Waals surface area contributed by atoms with Crippen molar-refractivity contribution in [1.82, 2.24) is 24.8 Å². The van der Waals surface area contributed by atoms with Gasteiger partial charge in [0.25, 0.3) is 0 Å². The van der Waals surface area contributed by atoms with E-state index in [1.165, 1.54) is 65.0 Å². The minimum absolute atomic E-state index is 0.309. The van der Waals surface area contributed by atoms with Crippen molar-refractivity contribution >= 4 is 43.1 Å². The van der Waals surface area contributed by atoms with E-state index in [-0.39, 0.29) is 0 Å². The third-order valence-corrected chi connectivity index (χ3v) is 14.1. The predicted octanol–water partition coefficient (Wildman–Crippen LogP) is 10.2. The van der Waals surface area contributed by atoms with Gasteiger partial charge < -0.3 is 0 Å². The van der Waals surface area contributed by atoms with Gasteiger partial charge in [-0.05, 0) is 148 Å². The molecule has 2 aliphatic rings. The Morgan fingerprint density at radius 1 is 0.607 bits per heavy atom. The molecule has 4 aromatic carbocycles. The van der Waals surface area contributed by atoms with Crippen LogP contribution < -0.4 is 4.57 Å². The zero-order valence-corrected chi connectivity index (χ0v) is 33.6. The van der Waals surface area contributed by atoms with Gasteiger partial charge in [-0.15, -0.1) is 11.3 Å². The molecule has 0 aliphatic carbocycles. The normalized spacial score (nSPS) is 16.2. The van der Waals surface area contributed by atoms with E-state index in [9.17, 15) is 0 Å². The molecular weight excluding hydrogens is 725 g/mol. The molecule has 0 unspecified atom stereocenters. The summed E-state index contributed by atoms with van der Waals surface area (Å²) in [5, 5.41) is 0.997. The third kappa shape index (κ3) is 6.96. The first kappa shape index (κ1) is 35.3. The van der Waals surface area contributed by atoms with Crippen molar-refractivity contribution in [2.24, 2.45) is 0 Å². The molecule has 6 nitrogen and oxygen atoms in total. The predicted molar refractivity (Wildman–Crippen MR) is 231 cm³/mol. The molecule has 0 saturated heterocycles. The van der Waals surface area contributed by atoms with Crippen LogP contribution in [0, 0.1) is 0 Å². The van der Waals surface area contributed by atoms with Crippen LogP contribution in [-0.2, 0) is 25.7 Å². The van der Waals surface area contributed by atoms with E-state index in [1.807, 2.05) is 24.0 Å². The van der Waals surface area contributed by atoms with Gasteiger partial charge >= 0.3 is 5.13 Å². The van der Waals surface area contributed by atoms with Gasteiger partial charge in [-0.2, -0.15) is 4.57 Å².